The zero-order chi connectivity index (χ0) is 20.5. The lowest BCUT2D eigenvalue weighted by atomic mass is 10.0. The number of amides is 1. The summed E-state index contributed by atoms with van der Waals surface area (Å²) in [5.74, 6) is -0.0908. The van der Waals surface area contributed by atoms with Gasteiger partial charge in [0, 0.05) is 13.5 Å². The Bertz CT molecular complexity index is 763. The molecule has 0 aliphatic rings. The van der Waals surface area contributed by atoms with Crippen molar-refractivity contribution in [3.63, 3.8) is 0 Å². The summed E-state index contributed by atoms with van der Waals surface area (Å²) in [6, 6.07) is 18.5. The molecular weight excluding hydrogens is 388 g/mol. The first-order chi connectivity index (χ1) is 13.5. The van der Waals surface area contributed by atoms with Gasteiger partial charge in [-0.15, -0.1) is 23.5 Å². The Balaban J connectivity index is 2.23. The number of hydrogen-bond donors (Lipinski definition) is 1. The molecular formula is C22H28N2O2S2. The predicted octanol–water partition coefficient (Wildman–Crippen LogP) is 4.26. The molecule has 2 aromatic carbocycles. The smallest absolute Gasteiger partial charge is 0.247 e. The van der Waals surface area contributed by atoms with Crippen LogP contribution in [-0.2, 0) is 11.2 Å². The number of rotatable bonds is 7. The van der Waals surface area contributed by atoms with Crippen LogP contribution in [0, 0.1) is 0 Å². The first kappa shape index (κ1) is 22.5. The molecule has 4 nitrogen and oxygen atoms in total. The van der Waals surface area contributed by atoms with Crippen LogP contribution in [0.25, 0.3) is 0 Å². The van der Waals surface area contributed by atoms with Gasteiger partial charge in [0.1, 0.15) is 10.4 Å². The van der Waals surface area contributed by atoms with Crippen molar-refractivity contribution in [3.05, 3.63) is 71.8 Å². The zero-order valence-electron chi connectivity index (χ0n) is 16.8. The topological polar surface area (TPSA) is 52.9 Å². The van der Waals surface area contributed by atoms with Gasteiger partial charge in [0.05, 0.1) is 12.1 Å². The molecule has 28 heavy (non-hydrogen) atoms. The van der Waals surface area contributed by atoms with Crippen LogP contribution in [-0.4, -0.2) is 51.9 Å². The first-order valence-corrected chi connectivity index (χ1v) is 11.6. The normalized spacial score (nSPS) is 14.0. The van der Waals surface area contributed by atoms with Gasteiger partial charge in [-0.1, -0.05) is 60.7 Å². The fraction of sp³-hybridized carbons (Fsp3) is 0.364. The van der Waals surface area contributed by atoms with Crippen molar-refractivity contribution in [1.82, 2.24) is 4.90 Å². The molecule has 0 aromatic heterocycles. The van der Waals surface area contributed by atoms with Gasteiger partial charge in [-0.25, -0.2) is 0 Å². The molecule has 0 saturated heterocycles. The Morgan fingerprint density at radius 2 is 1.57 bits per heavy atom. The first-order valence-electron chi connectivity index (χ1n) is 9.17. The van der Waals surface area contributed by atoms with E-state index in [1.54, 1.807) is 35.5 Å². The van der Waals surface area contributed by atoms with E-state index >= 15 is 0 Å². The Kier molecular flexibility index (Phi) is 9.09. The third kappa shape index (κ3) is 6.12. The molecule has 0 fully saturated rings. The lowest BCUT2D eigenvalue weighted by Gasteiger charge is -2.31. The van der Waals surface area contributed by atoms with Crippen LogP contribution in [0.2, 0.25) is 0 Å². The van der Waals surface area contributed by atoms with Crippen LogP contribution in [0.15, 0.2) is 65.7 Å². The van der Waals surface area contributed by atoms with Crippen molar-refractivity contribution in [2.75, 3.05) is 19.6 Å². The van der Waals surface area contributed by atoms with E-state index in [1.807, 2.05) is 80.1 Å². The average molecular weight is 417 g/mol. The van der Waals surface area contributed by atoms with Crippen molar-refractivity contribution in [1.29, 1.82) is 0 Å². The standard InChI is InChI=1S/C22H28N2O2S2/c1-16(20(25)18-13-9-6-10-14-18)24(2)21(26)19(23-22(27-3)28-4)15-17-11-7-5-8-12-17/h5-14,16,19-20,25H,15H2,1-4H3/t16-,19+,20+/m0/s1. The van der Waals surface area contributed by atoms with Crippen molar-refractivity contribution in [2.24, 2.45) is 4.99 Å². The van der Waals surface area contributed by atoms with Crippen LogP contribution in [0.5, 0.6) is 0 Å². The molecule has 0 radical (unpaired) electrons. The Morgan fingerprint density at radius 3 is 2.11 bits per heavy atom. The van der Waals surface area contributed by atoms with E-state index in [0.29, 0.717) is 6.42 Å². The highest BCUT2D eigenvalue weighted by molar-refractivity contribution is 8.38. The van der Waals surface area contributed by atoms with E-state index in [4.69, 9.17) is 4.99 Å². The SMILES string of the molecule is CSC(=N[C@H](Cc1ccccc1)C(=O)N(C)[C@@H](C)[C@@H](O)c1ccccc1)SC. The van der Waals surface area contributed by atoms with Gasteiger partial charge in [0.15, 0.2) is 0 Å². The molecule has 3 atom stereocenters. The highest BCUT2D eigenvalue weighted by Crippen LogP contribution is 2.22. The number of aliphatic hydroxyl groups is 1. The van der Waals surface area contributed by atoms with Crippen molar-refractivity contribution in [2.45, 2.75) is 31.5 Å². The minimum absolute atomic E-state index is 0.0908. The molecule has 0 aliphatic heterocycles. The second-order valence-electron chi connectivity index (χ2n) is 6.55. The molecule has 1 amide bonds. The number of carbonyl (C=O) groups excluding carboxylic acids is 1. The summed E-state index contributed by atoms with van der Waals surface area (Å²) in [6.07, 6.45) is 3.70. The van der Waals surface area contributed by atoms with E-state index < -0.39 is 12.1 Å². The van der Waals surface area contributed by atoms with Gasteiger partial charge in [0.2, 0.25) is 5.91 Å². The summed E-state index contributed by atoms with van der Waals surface area (Å²) in [7, 11) is 1.74. The number of thioether (sulfide) groups is 2. The van der Waals surface area contributed by atoms with Crippen LogP contribution in [0.1, 0.15) is 24.2 Å². The number of carbonyl (C=O) groups is 1. The molecule has 150 valence electrons. The van der Waals surface area contributed by atoms with Crippen LogP contribution in [0.4, 0.5) is 0 Å². The molecule has 0 bridgehead atoms. The highest BCUT2D eigenvalue weighted by Gasteiger charge is 2.29. The van der Waals surface area contributed by atoms with Crippen molar-refractivity contribution >= 4 is 33.8 Å². The van der Waals surface area contributed by atoms with Gasteiger partial charge >= 0.3 is 0 Å². The summed E-state index contributed by atoms with van der Waals surface area (Å²) in [5.41, 5.74) is 1.86. The Labute approximate surface area is 176 Å². The average Bonchev–Trinajstić information content (AvgIpc) is 2.75. The predicted molar refractivity (Wildman–Crippen MR) is 122 cm³/mol. The third-order valence-electron chi connectivity index (χ3n) is 4.72. The molecule has 0 heterocycles. The Hall–Kier alpha value is -1.76. The van der Waals surface area contributed by atoms with E-state index in [1.165, 1.54) is 0 Å². The molecule has 0 saturated carbocycles. The second kappa shape index (κ2) is 11.3. The maximum Gasteiger partial charge on any atom is 0.247 e. The van der Waals surface area contributed by atoms with Gasteiger partial charge in [-0.05, 0) is 30.6 Å². The van der Waals surface area contributed by atoms with Gasteiger partial charge in [-0.2, -0.15) is 0 Å². The molecule has 2 rings (SSSR count). The minimum atomic E-state index is -0.753. The fourth-order valence-corrected chi connectivity index (χ4v) is 4.05. The molecule has 6 heteroatoms. The quantitative estimate of drug-likeness (QED) is 0.541. The Morgan fingerprint density at radius 1 is 1.04 bits per heavy atom. The van der Waals surface area contributed by atoms with E-state index in [9.17, 15) is 9.90 Å². The number of likely N-dealkylation sites (N-methyl/N-ethyl adjacent to an activating group) is 1. The van der Waals surface area contributed by atoms with Gasteiger partial charge in [-0.3, -0.25) is 9.79 Å². The largest absolute Gasteiger partial charge is 0.386 e. The lowest BCUT2D eigenvalue weighted by molar-refractivity contribution is -0.135. The van der Waals surface area contributed by atoms with Crippen molar-refractivity contribution in [3.8, 4) is 0 Å². The highest BCUT2D eigenvalue weighted by atomic mass is 32.2. The number of hydrogen-bond acceptors (Lipinski definition) is 5. The summed E-state index contributed by atoms with van der Waals surface area (Å²) < 4.78 is 0.874. The van der Waals surface area contributed by atoms with Crippen LogP contribution >= 0.6 is 23.5 Å². The number of aliphatic hydroxyl groups excluding tert-OH is 1. The summed E-state index contributed by atoms with van der Waals surface area (Å²) in [4.78, 5) is 19.6. The molecule has 2 aromatic rings. The van der Waals surface area contributed by atoms with Gasteiger partial charge in [0.25, 0.3) is 0 Å². The second-order valence-corrected chi connectivity index (χ2v) is 8.40. The minimum Gasteiger partial charge on any atom is -0.386 e. The number of benzene rings is 2. The number of aliphatic imine (C=N–C) groups is 1. The molecule has 0 unspecified atom stereocenters. The molecule has 0 aliphatic carbocycles. The zero-order valence-corrected chi connectivity index (χ0v) is 18.4. The van der Waals surface area contributed by atoms with E-state index in [0.717, 1.165) is 15.5 Å². The maximum atomic E-state index is 13.3. The van der Waals surface area contributed by atoms with E-state index in [2.05, 4.69) is 0 Å². The van der Waals surface area contributed by atoms with Crippen LogP contribution in [0.3, 0.4) is 0 Å². The summed E-state index contributed by atoms with van der Waals surface area (Å²) >= 11 is 3.08. The number of nitrogens with zero attached hydrogens (tertiary/aromatic N) is 2. The maximum absolute atomic E-state index is 13.3. The van der Waals surface area contributed by atoms with Crippen molar-refractivity contribution < 1.29 is 9.90 Å². The third-order valence-corrected chi connectivity index (χ3v) is 6.63. The summed E-state index contributed by atoms with van der Waals surface area (Å²) in [6.45, 7) is 1.86. The van der Waals surface area contributed by atoms with E-state index in [-0.39, 0.29) is 11.9 Å². The fourth-order valence-electron chi connectivity index (χ4n) is 2.92. The van der Waals surface area contributed by atoms with Crippen LogP contribution < -0.4 is 0 Å². The molecule has 0 spiro atoms. The molecule has 1 N–H and O–H groups in total. The van der Waals surface area contributed by atoms with Gasteiger partial charge < -0.3 is 10.0 Å². The summed E-state index contributed by atoms with van der Waals surface area (Å²) in [5, 5.41) is 10.7. The monoisotopic (exact) mass is 416 g/mol. The lowest BCUT2D eigenvalue weighted by Crippen LogP contribution is -2.44.